The van der Waals surface area contributed by atoms with Crippen molar-refractivity contribution in [1.29, 1.82) is 0 Å². The van der Waals surface area contributed by atoms with Crippen LogP contribution < -0.4 is 14.8 Å². The van der Waals surface area contributed by atoms with E-state index in [0.29, 0.717) is 23.0 Å². The average molecular weight is 397 g/mol. The lowest BCUT2D eigenvalue weighted by atomic mass is 9.95. The maximum absolute atomic E-state index is 14.7. The normalized spacial score (nSPS) is 15.9. The van der Waals surface area contributed by atoms with Crippen LogP contribution in [-0.4, -0.2) is 45.3 Å². The molecule has 7 heteroatoms. The Morgan fingerprint density at radius 1 is 1.04 bits per heavy atom. The number of hydrogen-bond donors (Lipinski definition) is 1. The summed E-state index contributed by atoms with van der Waals surface area (Å²) in [4.78, 5) is 2.38. The maximum atomic E-state index is 14.7. The lowest BCUT2D eigenvalue weighted by molar-refractivity contribution is 0.156. The number of rotatable bonds is 7. The van der Waals surface area contributed by atoms with Gasteiger partial charge in [0, 0.05) is 43.9 Å². The molecule has 0 aliphatic carbocycles. The molecule has 1 heterocycles. The van der Waals surface area contributed by atoms with Crippen molar-refractivity contribution in [2.75, 3.05) is 40.4 Å². The molecule has 2 rings (SSSR count). The van der Waals surface area contributed by atoms with E-state index in [0.717, 1.165) is 39.0 Å². The first kappa shape index (κ1) is 24.2. The zero-order valence-corrected chi connectivity index (χ0v) is 17.1. The van der Waals surface area contributed by atoms with Gasteiger partial charge in [0.2, 0.25) is 0 Å². The van der Waals surface area contributed by atoms with Crippen LogP contribution in [0.1, 0.15) is 38.3 Å². The minimum absolute atomic E-state index is 0. The molecule has 0 amide bonds. The summed E-state index contributed by atoms with van der Waals surface area (Å²) in [5.41, 5.74) is 0.713. The third-order valence-corrected chi connectivity index (χ3v) is 4.47. The third kappa shape index (κ3) is 6.48. The summed E-state index contributed by atoms with van der Waals surface area (Å²) >= 11 is 0. The summed E-state index contributed by atoms with van der Waals surface area (Å²) in [5, 5.41) is 3.36. The first-order valence-corrected chi connectivity index (χ1v) is 8.43. The molecule has 0 bridgehead atoms. The lowest BCUT2D eigenvalue weighted by Crippen LogP contribution is -2.45. The molecule has 0 spiro atoms. The minimum Gasteiger partial charge on any atom is -0.493 e. The molecule has 1 N–H and O–H groups in total. The van der Waals surface area contributed by atoms with E-state index in [9.17, 15) is 4.39 Å². The molecular weight excluding hydrogens is 366 g/mol. The SMILES string of the molecule is COc1cc(F)c([C@H](CCC(C)C)N2CCNCC2)cc1OC.Cl.Cl. The third-order valence-electron chi connectivity index (χ3n) is 4.47. The molecule has 1 atom stereocenters. The van der Waals surface area contributed by atoms with Crippen LogP contribution in [0.4, 0.5) is 4.39 Å². The van der Waals surface area contributed by atoms with Crippen LogP contribution in [0.3, 0.4) is 0 Å². The molecule has 1 saturated heterocycles. The van der Waals surface area contributed by atoms with Gasteiger partial charge in [-0.05, 0) is 24.8 Å². The Kier molecular flexibility index (Phi) is 11.4. The van der Waals surface area contributed by atoms with Crippen molar-refractivity contribution in [2.24, 2.45) is 5.92 Å². The molecular formula is C18H31Cl2FN2O2. The number of hydrogen-bond acceptors (Lipinski definition) is 4. The summed E-state index contributed by atoms with van der Waals surface area (Å²) in [6.07, 6.45) is 2.02. The maximum Gasteiger partial charge on any atom is 0.163 e. The highest BCUT2D eigenvalue weighted by Gasteiger charge is 2.26. The number of methoxy groups -OCH3 is 2. The number of benzene rings is 1. The zero-order valence-electron chi connectivity index (χ0n) is 15.5. The van der Waals surface area contributed by atoms with E-state index < -0.39 is 0 Å². The molecule has 1 aliphatic rings. The Labute approximate surface area is 163 Å². The van der Waals surface area contributed by atoms with Gasteiger partial charge in [-0.3, -0.25) is 4.90 Å². The first-order valence-electron chi connectivity index (χ1n) is 8.43. The number of nitrogens with zero attached hydrogens (tertiary/aromatic N) is 1. The van der Waals surface area contributed by atoms with Gasteiger partial charge in [-0.25, -0.2) is 4.39 Å². The van der Waals surface area contributed by atoms with Crippen LogP contribution in [0.25, 0.3) is 0 Å². The van der Waals surface area contributed by atoms with Crippen molar-refractivity contribution in [3.05, 3.63) is 23.5 Å². The monoisotopic (exact) mass is 396 g/mol. The predicted octanol–water partition coefficient (Wildman–Crippen LogP) is 4.07. The second-order valence-electron chi connectivity index (χ2n) is 6.50. The van der Waals surface area contributed by atoms with Gasteiger partial charge >= 0.3 is 0 Å². The van der Waals surface area contributed by atoms with E-state index in [1.165, 1.54) is 13.2 Å². The van der Waals surface area contributed by atoms with Gasteiger partial charge in [0.25, 0.3) is 0 Å². The topological polar surface area (TPSA) is 33.7 Å². The first-order chi connectivity index (χ1) is 11.1. The molecule has 4 nitrogen and oxygen atoms in total. The van der Waals surface area contributed by atoms with E-state index in [-0.39, 0.29) is 36.7 Å². The minimum atomic E-state index is -0.213. The highest BCUT2D eigenvalue weighted by molar-refractivity contribution is 5.85. The largest absolute Gasteiger partial charge is 0.493 e. The quantitative estimate of drug-likeness (QED) is 0.752. The lowest BCUT2D eigenvalue weighted by Gasteiger charge is -2.36. The van der Waals surface area contributed by atoms with E-state index in [2.05, 4.69) is 24.1 Å². The molecule has 1 fully saturated rings. The average Bonchev–Trinajstić information content (AvgIpc) is 2.56. The molecule has 1 aromatic carbocycles. The van der Waals surface area contributed by atoms with Gasteiger partial charge in [-0.1, -0.05) is 13.8 Å². The fourth-order valence-electron chi connectivity index (χ4n) is 3.15. The number of nitrogens with one attached hydrogen (secondary N) is 1. The van der Waals surface area contributed by atoms with Gasteiger partial charge in [0.05, 0.1) is 14.2 Å². The van der Waals surface area contributed by atoms with Gasteiger partial charge in [0.15, 0.2) is 11.5 Å². The smallest absolute Gasteiger partial charge is 0.163 e. The zero-order chi connectivity index (χ0) is 16.8. The second kappa shape index (κ2) is 11.8. The van der Waals surface area contributed by atoms with Crippen molar-refractivity contribution in [2.45, 2.75) is 32.7 Å². The Morgan fingerprint density at radius 3 is 2.12 bits per heavy atom. The van der Waals surface area contributed by atoms with Gasteiger partial charge in [0.1, 0.15) is 5.82 Å². The van der Waals surface area contributed by atoms with Crippen LogP contribution in [-0.2, 0) is 0 Å². The summed E-state index contributed by atoms with van der Waals surface area (Å²) in [7, 11) is 3.12. The van der Waals surface area contributed by atoms with Crippen LogP contribution >= 0.6 is 24.8 Å². The fraction of sp³-hybridized carbons (Fsp3) is 0.667. The highest BCUT2D eigenvalue weighted by atomic mass is 35.5. The second-order valence-corrected chi connectivity index (χ2v) is 6.50. The van der Waals surface area contributed by atoms with Crippen LogP contribution in [0.2, 0.25) is 0 Å². The molecule has 0 radical (unpaired) electrons. The summed E-state index contributed by atoms with van der Waals surface area (Å²) < 4.78 is 25.3. The molecule has 1 aromatic rings. The van der Waals surface area contributed by atoms with Crippen LogP contribution in [0.15, 0.2) is 12.1 Å². The molecule has 0 unspecified atom stereocenters. The van der Waals surface area contributed by atoms with E-state index >= 15 is 0 Å². The van der Waals surface area contributed by atoms with Crippen molar-refractivity contribution in [1.82, 2.24) is 10.2 Å². The van der Waals surface area contributed by atoms with E-state index in [1.54, 1.807) is 13.2 Å². The summed E-state index contributed by atoms with van der Waals surface area (Å²) in [6.45, 7) is 8.20. The van der Waals surface area contributed by atoms with Crippen molar-refractivity contribution >= 4 is 24.8 Å². The Hall–Kier alpha value is -0.750. The number of piperazine rings is 1. The summed E-state index contributed by atoms with van der Waals surface area (Å²) in [5.74, 6) is 1.42. The van der Waals surface area contributed by atoms with E-state index in [4.69, 9.17) is 9.47 Å². The standard InChI is InChI=1S/C18H29FN2O2.2ClH/c1-13(2)5-6-16(21-9-7-20-8-10-21)14-11-17(22-3)18(23-4)12-15(14)19;;/h11-13,16,20H,5-10H2,1-4H3;2*1H/t16-;;/m0../s1. The number of halogens is 3. The molecule has 146 valence electrons. The number of ether oxygens (including phenoxy) is 2. The van der Waals surface area contributed by atoms with Crippen LogP contribution in [0.5, 0.6) is 11.5 Å². The Bertz CT molecular complexity index is 512. The van der Waals surface area contributed by atoms with Gasteiger partial charge < -0.3 is 14.8 Å². The fourth-order valence-corrected chi connectivity index (χ4v) is 3.15. The Morgan fingerprint density at radius 2 is 1.60 bits per heavy atom. The Balaban J connectivity index is 0.00000288. The van der Waals surface area contributed by atoms with Gasteiger partial charge in [-0.15, -0.1) is 24.8 Å². The molecule has 1 aliphatic heterocycles. The van der Waals surface area contributed by atoms with E-state index in [1.807, 2.05) is 0 Å². The predicted molar refractivity (Wildman–Crippen MR) is 105 cm³/mol. The molecule has 0 saturated carbocycles. The van der Waals surface area contributed by atoms with Crippen LogP contribution in [0, 0.1) is 11.7 Å². The van der Waals surface area contributed by atoms with Crippen molar-refractivity contribution in [3.63, 3.8) is 0 Å². The van der Waals surface area contributed by atoms with Crippen molar-refractivity contribution < 1.29 is 13.9 Å². The van der Waals surface area contributed by atoms with Crippen molar-refractivity contribution in [3.8, 4) is 11.5 Å². The summed E-state index contributed by atoms with van der Waals surface area (Å²) in [6, 6.07) is 3.33. The molecule has 25 heavy (non-hydrogen) atoms. The molecule has 0 aromatic heterocycles. The van der Waals surface area contributed by atoms with Gasteiger partial charge in [-0.2, -0.15) is 0 Å². The highest BCUT2D eigenvalue weighted by Crippen LogP contribution is 2.36.